The molecule has 2 heterocycles. The lowest BCUT2D eigenvalue weighted by atomic mass is 10.1. The number of benzene rings is 1. The summed E-state index contributed by atoms with van der Waals surface area (Å²) in [4.78, 5) is 17.8. The SMILES string of the molecule is COCC(=O)N=C1SC2CS(=O)(=O)CC2N1Cc1ccccc1. The van der Waals surface area contributed by atoms with Gasteiger partial charge in [-0.3, -0.25) is 4.79 Å². The van der Waals surface area contributed by atoms with Gasteiger partial charge in [-0.1, -0.05) is 42.1 Å². The molecule has 2 aliphatic rings. The first-order valence-corrected chi connectivity index (χ1v) is 9.97. The Labute approximate surface area is 139 Å². The van der Waals surface area contributed by atoms with Crippen molar-refractivity contribution in [3.05, 3.63) is 35.9 Å². The van der Waals surface area contributed by atoms with Gasteiger partial charge in [0, 0.05) is 18.9 Å². The minimum Gasteiger partial charge on any atom is -0.375 e. The van der Waals surface area contributed by atoms with E-state index in [2.05, 4.69) is 4.99 Å². The zero-order chi connectivity index (χ0) is 16.4. The van der Waals surface area contributed by atoms with Crippen molar-refractivity contribution >= 4 is 32.7 Å². The number of amidine groups is 1. The molecule has 2 fully saturated rings. The number of thioether (sulfide) groups is 1. The first kappa shape index (κ1) is 16.5. The van der Waals surface area contributed by atoms with E-state index < -0.39 is 9.84 Å². The summed E-state index contributed by atoms with van der Waals surface area (Å²) in [6, 6.07) is 9.65. The maximum Gasteiger partial charge on any atom is 0.274 e. The maximum atomic E-state index is 11.9. The van der Waals surface area contributed by atoms with Gasteiger partial charge in [-0.2, -0.15) is 4.99 Å². The Morgan fingerprint density at radius 2 is 2.09 bits per heavy atom. The van der Waals surface area contributed by atoms with Crippen LogP contribution in [0.1, 0.15) is 5.56 Å². The van der Waals surface area contributed by atoms with Crippen molar-refractivity contribution in [2.45, 2.75) is 17.8 Å². The van der Waals surface area contributed by atoms with Crippen LogP contribution >= 0.6 is 11.8 Å². The Balaban J connectivity index is 1.86. The Bertz CT molecular complexity index is 718. The summed E-state index contributed by atoms with van der Waals surface area (Å²) in [6.45, 7) is 0.473. The van der Waals surface area contributed by atoms with Crippen molar-refractivity contribution in [3.63, 3.8) is 0 Å². The van der Waals surface area contributed by atoms with Gasteiger partial charge in [0.1, 0.15) is 6.61 Å². The van der Waals surface area contributed by atoms with Gasteiger partial charge in [0.2, 0.25) is 0 Å². The average molecular weight is 354 g/mol. The van der Waals surface area contributed by atoms with Gasteiger partial charge < -0.3 is 9.64 Å². The Kier molecular flexibility index (Phi) is 4.74. The van der Waals surface area contributed by atoms with E-state index in [-0.39, 0.29) is 35.3 Å². The van der Waals surface area contributed by atoms with Crippen molar-refractivity contribution in [1.82, 2.24) is 4.90 Å². The zero-order valence-electron chi connectivity index (χ0n) is 12.7. The third-order valence-corrected chi connectivity index (χ3v) is 7.11. The molecule has 1 aromatic rings. The van der Waals surface area contributed by atoms with Crippen LogP contribution in [0, 0.1) is 0 Å². The van der Waals surface area contributed by atoms with Crippen molar-refractivity contribution in [2.24, 2.45) is 4.99 Å². The number of ether oxygens (including phenoxy) is 1. The molecule has 0 saturated carbocycles. The monoisotopic (exact) mass is 354 g/mol. The highest BCUT2D eigenvalue weighted by Crippen LogP contribution is 2.38. The van der Waals surface area contributed by atoms with Crippen molar-refractivity contribution in [2.75, 3.05) is 25.2 Å². The number of rotatable bonds is 4. The van der Waals surface area contributed by atoms with Gasteiger partial charge in [0.05, 0.1) is 17.5 Å². The summed E-state index contributed by atoms with van der Waals surface area (Å²) in [5.41, 5.74) is 1.06. The topological polar surface area (TPSA) is 76.0 Å². The highest BCUT2D eigenvalue weighted by atomic mass is 32.2. The average Bonchev–Trinajstić information content (AvgIpc) is 2.94. The van der Waals surface area contributed by atoms with E-state index in [1.54, 1.807) is 0 Å². The molecular weight excluding hydrogens is 336 g/mol. The third kappa shape index (κ3) is 3.76. The fourth-order valence-electron chi connectivity index (χ4n) is 2.86. The van der Waals surface area contributed by atoms with Crippen LogP contribution in [0.3, 0.4) is 0 Å². The van der Waals surface area contributed by atoms with Crippen LogP contribution in [0.15, 0.2) is 35.3 Å². The highest BCUT2D eigenvalue weighted by Gasteiger charge is 2.48. The predicted octanol–water partition coefficient (Wildman–Crippen LogP) is 0.930. The molecule has 8 heteroatoms. The second kappa shape index (κ2) is 6.62. The largest absolute Gasteiger partial charge is 0.375 e. The van der Waals surface area contributed by atoms with E-state index in [1.165, 1.54) is 18.9 Å². The number of nitrogens with zero attached hydrogens (tertiary/aromatic N) is 2. The summed E-state index contributed by atoms with van der Waals surface area (Å²) >= 11 is 1.39. The van der Waals surface area contributed by atoms with Gasteiger partial charge in [-0.15, -0.1) is 0 Å². The Morgan fingerprint density at radius 1 is 1.35 bits per heavy atom. The minimum absolute atomic E-state index is 0.0576. The molecule has 0 aliphatic carbocycles. The molecule has 0 radical (unpaired) electrons. The molecule has 1 amide bonds. The van der Waals surface area contributed by atoms with Crippen LogP contribution < -0.4 is 0 Å². The molecule has 0 spiro atoms. The Hall–Kier alpha value is -1.38. The molecular formula is C15H18N2O4S2. The summed E-state index contributed by atoms with van der Waals surface area (Å²) in [6.07, 6.45) is 0. The number of carbonyl (C=O) groups is 1. The van der Waals surface area contributed by atoms with Crippen LogP contribution in [0.5, 0.6) is 0 Å². The number of carbonyl (C=O) groups excluding carboxylic acids is 1. The first-order chi connectivity index (χ1) is 11.0. The molecule has 2 aliphatic heterocycles. The van der Waals surface area contributed by atoms with Crippen LogP contribution in [0.25, 0.3) is 0 Å². The molecule has 0 N–H and O–H groups in total. The molecule has 1 aromatic carbocycles. The fraction of sp³-hybridized carbons (Fsp3) is 0.467. The fourth-order valence-corrected chi connectivity index (χ4v) is 6.83. The second-order valence-electron chi connectivity index (χ2n) is 5.64. The van der Waals surface area contributed by atoms with Crippen molar-refractivity contribution < 1.29 is 17.9 Å². The summed E-state index contributed by atoms with van der Waals surface area (Å²) in [5, 5.41) is 0.540. The van der Waals surface area contributed by atoms with Crippen molar-refractivity contribution in [1.29, 1.82) is 0 Å². The number of fused-ring (bicyclic) bond motifs is 1. The summed E-state index contributed by atoms with van der Waals surface area (Å²) < 4.78 is 28.6. The number of methoxy groups -OCH3 is 1. The molecule has 0 aromatic heterocycles. The second-order valence-corrected chi connectivity index (χ2v) is 9.00. The summed E-state index contributed by atoms with van der Waals surface area (Å²) in [7, 11) is -1.57. The highest BCUT2D eigenvalue weighted by molar-refractivity contribution is 8.15. The molecule has 2 saturated heterocycles. The van der Waals surface area contributed by atoms with Crippen molar-refractivity contribution in [3.8, 4) is 0 Å². The number of hydrogen-bond acceptors (Lipinski definition) is 5. The van der Waals surface area contributed by atoms with Crippen LogP contribution in [0.2, 0.25) is 0 Å². The quantitative estimate of drug-likeness (QED) is 0.801. The van der Waals surface area contributed by atoms with Gasteiger partial charge in [-0.05, 0) is 5.56 Å². The van der Waals surface area contributed by atoms with E-state index >= 15 is 0 Å². The molecule has 0 bridgehead atoms. The lowest BCUT2D eigenvalue weighted by Gasteiger charge is -2.24. The minimum atomic E-state index is -3.02. The van der Waals surface area contributed by atoms with E-state index in [1.807, 2.05) is 35.2 Å². The maximum absolute atomic E-state index is 11.9. The number of sulfone groups is 1. The lowest BCUT2D eigenvalue weighted by molar-refractivity contribution is -0.121. The number of aliphatic imine (C=N–C) groups is 1. The summed E-state index contributed by atoms with van der Waals surface area (Å²) in [5.74, 6) is -0.0870. The van der Waals surface area contributed by atoms with E-state index in [4.69, 9.17) is 4.74 Å². The first-order valence-electron chi connectivity index (χ1n) is 7.26. The van der Waals surface area contributed by atoms with Crippen LogP contribution in [-0.2, 0) is 25.9 Å². The zero-order valence-corrected chi connectivity index (χ0v) is 14.3. The van der Waals surface area contributed by atoms with Gasteiger partial charge in [-0.25, -0.2) is 8.42 Å². The van der Waals surface area contributed by atoms with Gasteiger partial charge in [0.15, 0.2) is 15.0 Å². The molecule has 2 atom stereocenters. The molecule has 3 rings (SSSR count). The van der Waals surface area contributed by atoms with E-state index in [0.717, 1.165) is 5.56 Å². The van der Waals surface area contributed by atoms with Gasteiger partial charge in [0.25, 0.3) is 5.91 Å². The lowest BCUT2D eigenvalue weighted by Crippen LogP contribution is -2.37. The molecule has 124 valence electrons. The van der Waals surface area contributed by atoms with E-state index in [9.17, 15) is 13.2 Å². The standard InChI is InChI=1S/C15H18N2O4S2/c1-21-8-14(18)16-15-17(7-11-5-3-2-4-6-11)12-9-23(19,20)10-13(12)22-15/h2-6,12-13H,7-10H2,1H3. The van der Waals surface area contributed by atoms with E-state index in [0.29, 0.717) is 11.7 Å². The van der Waals surface area contributed by atoms with Crippen LogP contribution in [0.4, 0.5) is 0 Å². The number of hydrogen-bond donors (Lipinski definition) is 0. The third-order valence-electron chi connectivity index (χ3n) is 3.86. The molecule has 6 nitrogen and oxygen atoms in total. The van der Waals surface area contributed by atoms with Gasteiger partial charge >= 0.3 is 0 Å². The number of amides is 1. The normalized spacial score (nSPS) is 27.3. The smallest absolute Gasteiger partial charge is 0.274 e. The molecule has 23 heavy (non-hydrogen) atoms. The predicted molar refractivity (Wildman–Crippen MR) is 90.1 cm³/mol. The Morgan fingerprint density at radius 3 is 2.78 bits per heavy atom. The van der Waals surface area contributed by atoms with Crippen LogP contribution in [-0.4, -0.2) is 60.9 Å². The molecule has 2 unspecified atom stereocenters.